The summed E-state index contributed by atoms with van der Waals surface area (Å²) in [6, 6.07) is 8.55. The molecular formula is C15H20O. The zero-order valence-corrected chi connectivity index (χ0v) is 9.73. The van der Waals surface area contributed by atoms with Gasteiger partial charge in [-0.25, -0.2) is 0 Å². The van der Waals surface area contributed by atoms with Crippen LogP contribution < -0.4 is 0 Å². The Hall–Kier alpha value is -1.08. The van der Waals surface area contributed by atoms with Gasteiger partial charge < -0.3 is 5.11 Å². The van der Waals surface area contributed by atoms with E-state index in [0.29, 0.717) is 5.92 Å². The van der Waals surface area contributed by atoms with Gasteiger partial charge in [0.05, 0.1) is 6.10 Å². The lowest BCUT2D eigenvalue weighted by Gasteiger charge is -2.17. The molecule has 16 heavy (non-hydrogen) atoms. The number of unbranched alkanes of at least 4 members (excludes halogenated alkanes) is 1. The fourth-order valence-electron chi connectivity index (χ4n) is 2.57. The van der Waals surface area contributed by atoms with Gasteiger partial charge in [-0.1, -0.05) is 30.3 Å². The SMILES string of the molecule is C=CCCCC(O)C1Cc2ccccc2C1. The third-order valence-electron chi connectivity index (χ3n) is 3.53. The van der Waals surface area contributed by atoms with E-state index in [1.165, 1.54) is 11.1 Å². The molecule has 2 rings (SSSR count). The van der Waals surface area contributed by atoms with E-state index in [-0.39, 0.29) is 6.10 Å². The highest BCUT2D eigenvalue weighted by Gasteiger charge is 2.26. The third-order valence-corrected chi connectivity index (χ3v) is 3.53. The number of aliphatic hydroxyl groups is 1. The number of fused-ring (bicyclic) bond motifs is 1. The maximum Gasteiger partial charge on any atom is 0.0574 e. The van der Waals surface area contributed by atoms with Gasteiger partial charge in [0, 0.05) is 0 Å². The Morgan fingerprint density at radius 1 is 1.31 bits per heavy atom. The van der Waals surface area contributed by atoms with E-state index < -0.39 is 0 Å². The lowest BCUT2D eigenvalue weighted by molar-refractivity contribution is 0.102. The summed E-state index contributed by atoms with van der Waals surface area (Å²) in [7, 11) is 0. The first-order chi connectivity index (χ1) is 7.81. The van der Waals surface area contributed by atoms with E-state index in [9.17, 15) is 5.11 Å². The van der Waals surface area contributed by atoms with E-state index in [1.807, 2.05) is 6.08 Å². The van der Waals surface area contributed by atoms with Crippen LogP contribution >= 0.6 is 0 Å². The topological polar surface area (TPSA) is 20.2 Å². The second kappa shape index (κ2) is 5.31. The third kappa shape index (κ3) is 2.53. The molecule has 0 aliphatic heterocycles. The van der Waals surface area contributed by atoms with Crippen molar-refractivity contribution < 1.29 is 5.11 Å². The zero-order valence-electron chi connectivity index (χ0n) is 9.73. The molecule has 1 aromatic carbocycles. The minimum Gasteiger partial charge on any atom is -0.393 e. The molecule has 0 radical (unpaired) electrons. The summed E-state index contributed by atoms with van der Waals surface area (Å²) >= 11 is 0. The van der Waals surface area contributed by atoms with Crippen molar-refractivity contribution in [3.05, 3.63) is 48.0 Å². The first-order valence-electron chi connectivity index (χ1n) is 6.17. The fourth-order valence-corrected chi connectivity index (χ4v) is 2.57. The second-order valence-electron chi connectivity index (χ2n) is 4.72. The maximum atomic E-state index is 10.1. The smallest absolute Gasteiger partial charge is 0.0574 e. The average Bonchev–Trinajstić information content (AvgIpc) is 2.73. The molecule has 0 spiro atoms. The molecule has 1 aliphatic rings. The van der Waals surface area contributed by atoms with Crippen LogP contribution in [0.15, 0.2) is 36.9 Å². The van der Waals surface area contributed by atoms with Crippen molar-refractivity contribution in [2.75, 3.05) is 0 Å². The molecule has 86 valence electrons. The highest BCUT2D eigenvalue weighted by molar-refractivity contribution is 5.32. The van der Waals surface area contributed by atoms with E-state index in [1.54, 1.807) is 0 Å². The molecular weight excluding hydrogens is 196 g/mol. The lowest BCUT2D eigenvalue weighted by Crippen LogP contribution is -2.20. The molecule has 0 bridgehead atoms. The van der Waals surface area contributed by atoms with Crippen molar-refractivity contribution in [3.8, 4) is 0 Å². The van der Waals surface area contributed by atoms with Crippen LogP contribution in [0.5, 0.6) is 0 Å². The summed E-state index contributed by atoms with van der Waals surface area (Å²) in [4.78, 5) is 0. The van der Waals surface area contributed by atoms with Crippen LogP contribution in [0.1, 0.15) is 30.4 Å². The van der Waals surface area contributed by atoms with E-state index in [2.05, 4.69) is 30.8 Å². The summed E-state index contributed by atoms with van der Waals surface area (Å²) in [5.41, 5.74) is 2.85. The Balaban J connectivity index is 1.88. The highest BCUT2D eigenvalue weighted by Crippen LogP contribution is 2.30. The normalized spacial score (nSPS) is 17.1. The van der Waals surface area contributed by atoms with Crippen molar-refractivity contribution in [1.82, 2.24) is 0 Å². The van der Waals surface area contributed by atoms with Gasteiger partial charge in [0.1, 0.15) is 0 Å². The highest BCUT2D eigenvalue weighted by atomic mass is 16.3. The minimum atomic E-state index is -0.146. The van der Waals surface area contributed by atoms with Gasteiger partial charge in [-0.05, 0) is 49.1 Å². The fraction of sp³-hybridized carbons (Fsp3) is 0.467. The molecule has 1 heteroatoms. The molecule has 1 aromatic rings. The van der Waals surface area contributed by atoms with Crippen LogP contribution in [-0.4, -0.2) is 11.2 Å². The van der Waals surface area contributed by atoms with Gasteiger partial charge in [0.25, 0.3) is 0 Å². The Kier molecular flexibility index (Phi) is 3.79. The maximum absolute atomic E-state index is 10.1. The van der Waals surface area contributed by atoms with Gasteiger partial charge in [-0.15, -0.1) is 6.58 Å². The average molecular weight is 216 g/mol. The van der Waals surface area contributed by atoms with Crippen LogP contribution in [-0.2, 0) is 12.8 Å². The Morgan fingerprint density at radius 2 is 1.94 bits per heavy atom. The Labute approximate surface area is 97.8 Å². The molecule has 1 aliphatic carbocycles. The first kappa shape index (κ1) is 11.4. The molecule has 0 heterocycles. The van der Waals surface area contributed by atoms with Gasteiger partial charge in [-0.3, -0.25) is 0 Å². The van der Waals surface area contributed by atoms with Gasteiger partial charge in [-0.2, -0.15) is 0 Å². The standard InChI is InChI=1S/C15H20O/c1-2-3-4-9-15(16)14-10-12-7-5-6-8-13(12)11-14/h2,5-8,14-16H,1,3-4,9-11H2. The number of aliphatic hydroxyl groups excluding tert-OH is 1. The van der Waals surface area contributed by atoms with Crippen molar-refractivity contribution in [2.45, 2.75) is 38.2 Å². The summed E-state index contributed by atoms with van der Waals surface area (Å²) in [5.74, 6) is 0.433. The zero-order chi connectivity index (χ0) is 11.4. The summed E-state index contributed by atoms with van der Waals surface area (Å²) < 4.78 is 0. The number of hydrogen-bond acceptors (Lipinski definition) is 1. The Morgan fingerprint density at radius 3 is 2.50 bits per heavy atom. The van der Waals surface area contributed by atoms with E-state index >= 15 is 0 Å². The van der Waals surface area contributed by atoms with Crippen LogP contribution in [0.4, 0.5) is 0 Å². The number of benzene rings is 1. The number of rotatable bonds is 5. The predicted molar refractivity (Wildman–Crippen MR) is 67.4 cm³/mol. The second-order valence-corrected chi connectivity index (χ2v) is 4.72. The van der Waals surface area contributed by atoms with Gasteiger partial charge in [0.2, 0.25) is 0 Å². The van der Waals surface area contributed by atoms with Crippen molar-refractivity contribution >= 4 is 0 Å². The van der Waals surface area contributed by atoms with Crippen LogP contribution in [0.3, 0.4) is 0 Å². The van der Waals surface area contributed by atoms with Crippen LogP contribution in [0.25, 0.3) is 0 Å². The van der Waals surface area contributed by atoms with Gasteiger partial charge in [0.15, 0.2) is 0 Å². The quantitative estimate of drug-likeness (QED) is 0.592. The lowest BCUT2D eigenvalue weighted by atomic mass is 9.95. The van der Waals surface area contributed by atoms with E-state index in [4.69, 9.17) is 0 Å². The largest absolute Gasteiger partial charge is 0.393 e. The van der Waals surface area contributed by atoms with E-state index in [0.717, 1.165) is 32.1 Å². The molecule has 1 unspecified atom stereocenters. The van der Waals surface area contributed by atoms with Crippen LogP contribution in [0.2, 0.25) is 0 Å². The molecule has 0 saturated heterocycles. The molecule has 0 aromatic heterocycles. The molecule has 0 fully saturated rings. The summed E-state index contributed by atoms with van der Waals surface area (Å²) in [6.45, 7) is 3.71. The molecule has 0 amide bonds. The first-order valence-corrected chi connectivity index (χ1v) is 6.17. The monoisotopic (exact) mass is 216 g/mol. The summed E-state index contributed by atoms with van der Waals surface area (Å²) in [6.07, 6.45) is 6.85. The minimum absolute atomic E-state index is 0.146. The number of allylic oxidation sites excluding steroid dienone is 1. The van der Waals surface area contributed by atoms with Crippen LogP contribution in [0, 0.1) is 5.92 Å². The van der Waals surface area contributed by atoms with Crippen molar-refractivity contribution in [3.63, 3.8) is 0 Å². The molecule has 1 nitrogen and oxygen atoms in total. The molecule has 1 N–H and O–H groups in total. The summed E-state index contributed by atoms with van der Waals surface area (Å²) in [5, 5.41) is 10.1. The molecule has 1 atom stereocenters. The van der Waals surface area contributed by atoms with Crippen molar-refractivity contribution in [1.29, 1.82) is 0 Å². The van der Waals surface area contributed by atoms with Crippen molar-refractivity contribution in [2.24, 2.45) is 5.92 Å². The van der Waals surface area contributed by atoms with Gasteiger partial charge >= 0.3 is 0 Å². The number of hydrogen-bond donors (Lipinski definition) is 1. The molecule has 0 saturated carbocycles. The predicted octanol–water partition coefficient (Wildman–Crippen LogP) is 3.12. The Bertz CT molecular complexity index is 331.